The first-order chi connectivity index (χ1) is 14.6. The van der Waals surface area contributed by atoms with Crippen LogP contribution in [0.4, 0.5) is 0 Å². The van der Waals surface area contributed by atoms with Crippen molar-refractivity contribution < 1.29 is 14.3 Å². The molecule has 0 amide bonds. The van der Waals surface area contributed by atoms with Crippen LogP contribution in [0.2, 0.25) is 0 Å². The number of hydrogen-bond acceptors (Lipinski definition) is 6. The van der Waals surface area contributed by atoms with Crippen LogP contribution in [0.1, 0.15) is 54.1 Å². The van der Waals surface area contributed by atoms with Crippen LogP contribution in [-0.2, 0) is 28.9 Å². The third kappa shape index (κ3) is 3.01. The molecule has 4 aromatic rings. The first-order valence-electron chi connectivity index (χ1n) is 10.4. The molecular formula is C23H24N4O3. The van der Waals surface area contributed by atoms with Crippen LogP contribution in [-0.4, -0.2) is 39.1 Å². The molecule has 0 aliphatic heterocycles. The highest BCUT2D eigenvalue weighted by Gasteiger charge is 2.23. The van der Waals surface area contributed by atoms with Crippen LogP contribution in [0.5, 0.6) is 0 Å². The zero-order valence-electron chi connectivity index (χ0n) is 17.4. The number of fused-ring (bicyclic) bond motifs is 6. The summed E-state index contributed by atoms with van der Waals surface area (Å²) in [6, 6.07) is 4.02. The number of hydrogen-bond donors (Lipinski definition) is 1. The Morgan fingerprint density at radius 3 is 2.77 bits per heavy atom. The number of benzene rings is 1. The average Bonchev–Trinajstić information content (AvgIpc) is 3.11. The number of carbonyl (C=O) groups is 1. The SMILES string of the molecule is COCc1c(C(=O)OC(C)C)ncc2nc3ccc4[nH]c5c(nc4c3c12)CCCC5. The normalized spacial score (nSPS) is 14.0. The van der Waals surface area contributed by atoms with Crippen molar-refractivity contribution >= 4 is 38.8 Å². The van der Waals surface area contributed by atoms with Gasteiger partial charge in [-0.15, -0.1) is 0 Å². The molecule has 1 aliphatic carbocycles. The molecule has 3 aromatic heterocycles. The van der Waals surface area contributed by atoms with E-state index in [4.69, 9.17) is 19.4 Å². The molecular weight excluding hydrogens is 380 g/mol. The zero-order chi connectivity index (χ0) is 20.8. The molecule has 0 spiro atoms. The monoisotopic (exact) mass is 404 g/mol. The van der Waals surface area contributed by atoms with Crippen molar-refractivity contribution in [2.24, 2.45) is 0 Å². The number of carbonyl (C=O) groups excluding carboxylic acids is 1. The standard InChI is InChI=1S/C23H24N4O3/c1-12(2)30-23(28)21-13(11-29-3)19-18(10-24-21)26-16-8-9-17-22(20(16)19)27-15-7-5-4-6-14(15)25-17/h8-10,12,25H,4-7,11H2,1-3H3. The van der Waals surface area contributed by atoms with Crippen LogP contribution < -0.4 is 0 Å². The molecule has 0 saturated carbocycles. The molecule has 0 atom stereocenters. The molecule has 7 nitrogen and oxygen atoms in total. The van der Waals surface area contributed by atoms with Crippen molar-refractivity contribution in [2.45, 2.75) is 52.2 Å². The summed E-state index contributed by atoms with van der Waals surface area (Å²) in [4.78, 5) is 30.5. The summed E-state index contributed by atoms with van der Waals surface area (Å²) in [7, 11) is 1.61. The highest BCUT2D eigenvalue weighted by molar-refractivity contribution is 6.20. The zero-order valence-corrected chi connectivity index (χ0v) is 17.4. The molecule has 0 saturated heterocycles. The molecule has 0 radical (unpaired) electrons. The number of methoxy groups -OCH3 is 1. The molecule has 1 aliphatic rings. The molecule has 154 valence electrons. The lowest BCUT2D eigenvalue weighted by molar-refractivity contribution is 0.0366. The van der Waals surface area contributed by atoms with Gasteiger partial charge in [0.2, 0.25) is 0 Å². The number of aromatic nitrogens is 4. The quantitative estimate of drug-likeness (QED) is 0.512. The van der Waals surface area contributed by atoms with Gasteiger partial charge in [0.05, 0.1) is 46.7 Å². The van der Waals surface area contributed by atoms with Gasteiger partial charge in [0.1, 0.15) is 0 Å². The first-order valence-corrected chi connectivity index (χ1v) is 10.4. The van der Waals surface area contributed by atoms with Crippen LogP contribution in [0.15, 0.2) is 18.3 Å². The third-order valence-corrected chi connectivity index (χ3v) is 5.60. The summed E-state index contributed by atoms with van der Waals surface area (Å²) in [6.07, 6.45) is 5.75. The number of H-pyrrole nitrogens is 1. The van der Waals surface area contributed by atoms with Gasteiger partial charge in [0.15, 0.2) is 5.69 Å². The Bertz CT molecular complexity index is 1290. The Morgan fingerprint density at radius 1 is 1.13 bits per heavy atom. The van der Waals surface area contributed by atoms with Crippen molar-refractivity contribution in [3.63, 3.8) is 0 Å². The fraction of sp³-hybridized carbons (Fsp3) is 0.391. The Morgan fingerprint density at radius 2 is 1.97 bits per heavy atom. The van der Waals surface area contributed by atoms with Crippen LogP contribution in [0.25, 0.3) is 32.8 Å². The van der Waals surface area contributed by atoms with Crippen LogP contribution in [0, 0.1) is 0 Å². The molecule has 0 bridgehead atoms. The van der Waals surface area contributed by atoms with Gasteiger partial charge in [-0.3, -0.25) is 0 Å². The highest BCUT2D eigenvalue weighted by atomic mass is 16.5. The van der Waals surface area contributed by atoms with Crippen molar-refractivity contribution in [1.82, 2.24) is 19.9 Å². The predicted octanol–water partition coefficient (Wildman–Crippen LogP) is 4.25. The first kappa shape index (κ1) is 18.9. The van der Waals surface area contributed by atoms with E-state index in [-0.39, 0.29) is 18.4 Å². The number of nitrogens with one attached hydrogen (secondary N) is 1. The number of nitrogens with zero attached hydrogens (tertiary/aromatic N) is 3. The molecule has 0 unspecified atom stereocenters. The topological polar surface area (TPSA) is 90.0 Å². The summed E-state index contributed by atoms with van der Waals surface area (Å²) < 4.78 is 10.9. The minimum Gasteiger partial charge on any atom is -0.458 e. The predicted molar refractivity (Wildman–Crippen MR) is 115 cm³/mol. The number of pyridine rings is 1. The molecule has 1 N–H and O–H groups in total. The van der Waals surface area contributed by atoms with E-state index in [9.17, 15) is 4.79 Å². The maximum Gasteiger partial charge on any atom is 0.357 e. The Balaban J connectivity index is 1.85. The van der Waals surface area contributed by atoms with Crippen molar-refractivity contribution in [1.29, 1.82) is 0 Å². The number of ether oxygens (including phenoxy) is 2. The highest BCUT2D eigenvalue weighted by Crippen LogP contribution is 2.35. The summed E-state index contributed by atoms with van der Waals surface area (Å²) in [5.74, 6) is -0.453. The fourth-order valence-electron chi connectivity index (χ4n) is 4.35. The van der Waals surface area contributed by atoms with Gasteiger partial charge in [-0.05, 0) is 51.7 Å². The molecule has 30 heavy (non-hydrogen) atoms. The summed E-state index contributed by atoms with van der Waals surface area (Å²) in [5, 5.41) is 1.79. The van der Waals surface area contributed by atoms with Crippen LogP contribution in [0.3, 0.4) is 0 Å². The Kier molecular flexibility index (Phi) is 4.62. The maximum absolute atomic E-state index is 12.7. The second-order valence-corrected chi connectivity index (χ2v) is 8.07. The smallest absolute Gasteiger partial charge is 0.357 e. The van der Waals surface area contributed by atoms with Gasteiger partial charge in [-0.2, -0.15) is 0 Å². The van der Waals surface area contributed by atoms with Gasteiger partial charge < -0.3 is 14.5 Å². The van der Waals surface area contributed by atoms with Gasteiger partial charge in [0.25, 0.3) is 0 Å². The number of aryl methyl sites for hydroxylation is 2. The molecule has 7 heteroatoms. The number of rotatable bonds is 4. The third-order valence-electron chi connectivity index (χ3n) is 5.60. The van der Waals surface area contributed by atoms with E-state index < -0.39 is 5.97 Å². The van der Waals surface area contributed by atoms with E-state index in [0.717, 1.165) is 57.8 Å². The maximum atomic E-state index is 12.7. The molecule has 3 heterocycles. The largest absolute Gasteiger partial charge is 0.458 e. The second-order valence-electron chi connectivity index (χ2n) is 8.07. The molecule has 1 aromatic carbocycles. The summed E-state index contributed by atoms with van der Waals surface area (Å²) in [5.41, 5.74) is 6.72. The minimum atomic E-state index is -0.453. The number of esters is 1. The lowest BCUT2D eigenvalue weighted by Crippen LogP contribution is -2.15. The van der Waals surface area contributed by atoms with Gasteiger partial charge in [-0.1, -0.05) is 0 Å². The van der Waals surface area contributed by atoms with Gasteiger partial charge >= 0.3 is 5.97 Å². The van der Waals surface area contributed by atoms with Crippen LogP contribution >= 0.6 is 0 Å². The Hall–Kier alpha value is -3.06. The summed E-state index contributed by atoms with van der Waals surface area (Å²) >= 11 is 0. The summed E-state index contributed by atoms with van der Waals surface area (Å²) in [6.45, 7) is 3.88. The van der Waals surface area contributed by atoms with E-state index >= 15 is 0 Å². The van der Waals surface area contributed by atoms with E-state index in [1.54, 1.807) is 13.3 Å². The Labute approximate surface area is 173 Å². The lowest BCUT2D eigenvalue weighted by atomic mass is 9.99. The fourth-order valence-corrected chi connectivity index (χ4v) is 4.35. The lowest BCUT2D eigenvalue weighted by Gasteiger charge is -2.16. The number of aromatic amines is 1. The molecule has 0 fully saturated rings. The molecule has 5 rings (SSSR count). The van der Waals surface area contributed by atoms with E-state index in [2.05, 4.69) is 9.97 Å². The van der Waals surface area contributed by atoms with E-state index in [1.807, 2.05) is 26.0 Å². The van der Waals surface area contributed by atoms with Crippen molar-refractivity contribution in [3.05, 3.63) is 41.0 Å². The average molecular weight is 404 g/mol. The minimum absolute atomic E-state index is 0.233. The second kappa shape index (κ2) is 7.32. The van der Waals surface area contributed by atoms with E-state index in [1.165, 1.54) is 12.1 Å². The van der Waals surface area contributed by atoms with Gasteiger partial charge in [0, 0.05) is 29.1 Å². The van der Waals surface area contributed by atoms with Crippen molar-refractivity contribution in [3.8, 4) is 0 Å². The van der Waals surface area contributed by atoms with Gasteiger partial charge in [-0.25, -0.2) is 19.7 Å². The van der Waals surface area contributed by atoms with Crippen molar-refractivity contribution in [2.75, 3.05) is 7.11 Å². The van der Waals surface area contributed by atoms with E-state index in [0.29, 0.717) is 5.56 Å².